The maximum absolute atomic E-state index is 10.3. The van der Waals surface area contributed by atoms with E-state index in [2.05, 4.69) is 25.3 Å². The molecule has 0 spiro atoms. The van der Waals surface area contributed by atoms with Crippen LogP contribution in [0.3, 0.4) is 0 Å². The highest BCUT2D eigenvalue weighted by atomic mass is 35.5. The highest BCUT2D eigenvalue weighted by Gasteiger charge is 2.16. The van der Waals surface area contributed by atoms with Gasteiger partial charge in [0.15, 0.2) is 0 Å². The first kappa shape index (κ1) is 8.56. The van der Waals surface area contributed by atoms with E-state index in [1.165, 1.54) is 6.33 Å². The minimum atomic E-state index is -0.699. The van der Waals surface area contributed by atoms with Gasteiger partial charge in [0, 0.05) is 0 Å². The van der Waals surface area contributed by atoms with E-state index in [0.29, 0.717) is 0 Å². The number of rotatable bonds is 2. The van der Waals surface area contributed by atoms with Gasteiger partial charge in [-0.3, -0.25) is 0 Å². The summed E-state index contributed by atoms with van der Waals surface area (Å²) in [5, 5.41) is 19.6. The third-order valence-corrected chi connectivity index (χ3v) is 1.48. The van der Waals surface area contributed by atoms with Gasteiger partial charge >= 0.3 is 11.9 Å². The Morgan fingerprint density at radius 1 is 1.64 bits per heavy atom. The number of aromatic amines is 1. The van der Waals surface area contributed by atoms with Gasteiger partial charge in [0.1, 0.15) is 6.33 Å². The molecule has 0 aliphatic heterocycles. The summed E-state index contributed by atoms with van der Waals surface area (Å²) in [7, 11) is 0. The molecule has 0 aliphatic rings. The Hall–Kier alpha value is -2.03. The SMILES string of the molecule is O=[N+]([O-])c1nc(-n2cnc(Cl)n2)n[nH]1. The van der Waals surface area contributed by atoms with Crippen molar-refractivity contribution < 1.29 is 4.92 Å². The van der Waals surface area contributed by atoms with Gasteiger partial charge in [-0.25, -0.2) is 4.98 Å². The van der Waals surface area contributed by atoms with Gasteiger partial charge in [0.05, 0.1) is 0 Å². The van der Waals surface area contributed by atoms with Gasteiger partial charge in [0.2, 0.25) is 5.28 Å². The summed E-state index contributed by atoms with van der Waals surface area (Å²) in [6.45, 7) is 0. The van der Waals surface area contributed by atoms with Crippen molar-refractivity contribution in [3.05, 3.63) is 21.7 Å². The summed E-state index contributed by atoms with van der Waals surface area (Å²) in [6, 6.07) is 0. The molecule has 0 saturated carbocycles. The van der Waals surface area contributed by atoms with Crippen molar-refractivity contribution >= 4 is 17.5 Å². The molecule has 0 aliphatic carbocycles. The smallest absolute Gasteiger partial charge is 0.390 e. The first-order chi connectivity index (χ1) is 6.66. The second-order valence-corrected chi connectivity index (χ2v) is 2.51. The third kappa shape index (κ3) is 1.40. The molecule has 2 aromatic heterocycles. The standard InChI is InChI=1S/C4H2ClN7O2/c5-2-6-1-11(10-2)3-7-4(9-8-3)12(13)14/h1H,(H,7,8,9). The Morgan fingerprint density at radius 2 is 2.43 bits per heavy atom. The van der Waals surface area contributed by atoms with E-state index in [9.17, 15) is 10.1 Å². The van der Waals surface area contributed by atoms with Crippen LogP contribution < -0.4 is 0 Å². The first-order valence-corrected chi connectivity index (χ1v) is 3.69. The molecule has 9 nitrogen and oxygen atoms in total. The lowest BCUT2D eigenvalue weighted by atomic mass is 11.0. The molecule has 0 saturated heterocycles. The van der Waals surface area contributed by atoms with Crippen molar-refractivity contribution in [2.75, 3.05) is 0 Å². The van der Waals surface area contributed by atoms with Gasteiger partial charge < -0.3 is 10.1 Å². The number of H-pyrrole nitrogens is 1. The minimum absolute atomic E-state index is 0.0103. The quantitative estimate of drug-likeness (QED) is 0.554. The number of halogens is 1. The zero-order chi connectivity index (χ0) is 10.1. The average molecular weight is 216 g/mol. The van der Waals surface area contributed by atoms with Gasteiger partial charge in [-0.05, 0) is 21.5 Å². The highest BCUT2D eigenvalue weighted by Crippen LogP contribution is 2.06. The highest BCUT2D eigenvalue weighted by molar-refractivity contribution is 6.28. The van der Waals surface area contributed by atoms with E-state index in [1.807, 2.05) is 0 Å². The molecule has 0 unspecified atom stereocenters. The molecule has 0 fully saturated rings. The van der Waals surface area contributed by atoms with Crippen molar-refractivity contribution in [1.82, 2.24) is 29.9 Å². The van der Waals surface area contributed by atoms with E-state index in [0.717, 1.165) is 4.68 Å². The summed E-state index contributed by atoms with van der Waals surface area (Å²) < 4.78 is 1.12. The molecule has 2 rings (SSSR count). The van der Waals surface area contributed by atoms with Crippen molar-refractivity contribution in [3.63, 3.8) is 0 Å². The van der Waals surface area contributed by atoms with Crippen LogP contribution in [0.25, 0.3) is 5.95 Å². The number of aromatic nitrogens is 6. The molecule has 2 heterocycles. The van der Waals surface area contributed by atoms with Crippen molar-refractivity contribution in [2.45, 2.75) is 0 Å². The van der Waals surface area contributed by atoms with Crippen LogP contribution in [0.2, 0.25) is 5.28 Å². The fraction of sp³-hybridized carbons (Fsp3) is 0. The Balaban J connectivity index is 2.38. The van der Waals surface area contributed by atoms with Gasteiger partial charge in [-0.15, -0.1) is 10.2 Å². The molecule has 0 atom stereocenters. The predicted octanol–water partition coefficient (Wildman–Crippen LogP) is -0.0530. The number of hydrogen-bond acceptors (Lipinski definition) is 6. The summed E-state index contributed by atoms with van der Waals surface area (Å²) in [6.07, 6.45) is 1.25. The summed E-state index contributed by atoms with van der Waals surface area (Å²) in [5.41, 5.74) is 0. The monoisotopic (exact) mass is 215 g/mol. The topological polar surface area (TPSA) is 115 Å². The van der Waals surface area contributed by atoms with Crippen LogP contribution in [0.15, 0.2) is 6.33 Å². The fourth-order valence-corrected chi connectivity index (χ4v) is 0.893. The molecule has 72 valence electrons. The van der Waals surface area contributed by atoms with E-state index in [1.54, 1.807) is 0 Å². The summed E-state index contributed by atoms with van der Waals surface area (Å²) in [4.78, 5) is 16.7. The third-order valence-electron chi connectivity index (χ3n) is 1.30. The van der Waals surface area contributed by atoms with Gasteiger partial charge in [-0.1, -0.05) is 5.10 Å². The van der Waals surface area contributed by atoms with Crippen LogP contribution in [0.1, 0.15) is 0 Å². The van der Waals surface area contributed by atoms with Crippen LogP contribution in [-0.2, 0) is 0 Å². The summed E-state index contributed by atoms with van der Waals surface area (Å²) >= 11 is 5.44. The number of nitro groups is 1. The van der Waals surface area contributed by atoms with Crippen LogP contribution in [-0.4, -0.2) is 34.9 Å². The van der Waals surface area contributed by atoms with Crippen molar-refractivity contribution in [3.8, 4) is 5.95 Å². The largest absolute Gasteiger partial charge is 0.455 e. The minimum Gasteiger partial charge on any atom is -0.390 e. The van der Waals surface area contributed by atoms with Crippen molar-refractivity contribution in [2.24, 2.45) is 0 Å². The Morgan fingerprint density at radius 3 is 2.93 bits per heavy atom. The van der Waals surface area contributed by atoms with E-state index >= 15 is 0 Å². The maximum atomic E-state index is 10.3. The lowest BCUT2D eigenvalue weighted by Gasteiger charge is -1.84. The normalized spacial score (nSPS) is 10.4. The molecule has 0 bridgehead atoms. The Labute approximate surface area is 80.9 Å². The second kappa shape index (κ2) is 3.03. The number of nitrogens with one attached hydrogen (secondary N) is 1. The molecular weight excluding hydrogens is 214 g/mol. The molecule has 10 heteroatoms. The van der Waals surface area contributed by atoms with Crippen LogP contribution in [0.5, 0.6) is 0 Å². The lowest BCUT2D eigenvalue weighted by molar-refractivity contribution is -0.394. The van der Waals surface area contributed by atoms with Crippen LogP contribution in [0, 0.1) is 10.1 Å². The molecule has 2 aromatic rings. The maximum Gasteiger partial charge on any atom is 0.455 e. The molecule has 0 radical (unpaired) electrons. The first-order valence-electron chi connectivity index (χ1n) is 3.31. The lowest BCUT2D eigenvalue weighted by Crippen LogP contribution is -1.97. The van der Waals surface area contributed by atoms with E-state index in [-0.39, 0.29) is 11.2 Å². The average Bonchev–Trinajstić information content (AvgIpc) is 2.70. The van der Waals surface area contributed by atoms with Crippen LogP contribution >= 0.6 is 11.6 Å². The second-order valence-electron chi connectivity index (χ2n) is 2.17. The van der Waals surface area contributed by atoms with Gasteiger partial charge in [0.25, 0.3) is 0 Å². The number of nitrogens with zero attached hydrogens (tertiary/aromatic N) is 6. The van der Waals surface area contributed by atoms with Crippen LogP contribution in [0.4, 0.5) is 5.95 Å². The summed E-state index contributed by atoms with van der Waals surface area (Å²) in [5.74, 6) is -0.456. The molecule has 14 heavy (non-hydrogen) atoms. The molecule has 1 N–H and O–H groups in total. The van der Waals surface area contributed by atoms with E-state index in [4.69, 9.17) is 11.6 Å². The zero-order valence-electron chi connectivity index (χ0n) is 6.46. The zero-order valence-corrected chi connectivity index (χ0v) is 7.21. The number of hydrogen-bond donors (Lipinski definition) is 1. The molecule has 0 amide bonds. The molecular formula is C4H2ClN7O2. The molecule has 0 aromatic carbocycles. The van der Waals surface area contributed by atoms with Crippen molar-refractivity contribution in [1.29, 1.82) is 0 Å². The van der Waals surface area contributed by atoms with E-state index < -0.39 is 10.9 Å². The van der Waals surface area contributed by atoms with Gasteiger partial charge in [-0.2, -0.15) is 4.68 Å². The Bertz CT molecular complexity index is 475. The predicted molar refractivity (Wildman–Crippen MR) is 43.0 cm³/mol. The Kier molecular flexibility index (Phi) is 1.85. The fourth-order valence-electron chi connectivity index (χ4n) is 0.768.